The molecule has 0 spiro atoms. The fourth-order valence-electron chi connectivity index (χ4n) is 2.08. The lowest BCUT2D eigenvalue weighted by atomic mass is 9.78. The maximum absolute atomic E-state index is 13.0. The van der Waals surface area contributed by atoms with Gasteiger partial charge < -0.3 is 14.0 Å². The van der Waals surface area contributed by atoms with Gasteiger partial charge in [-0.05, 0) is 45.3 Å². The van der Waals surface area contributed by atoms with Gasteiger partial charge in [0.05, 0.1) is 16.8 Å². The number of hydrogen-bond acceptors (Lipinski definition) is 3. The molecule has 1 saturated heterocycles. The van der Waals surface area contributed by atoms with Crippen molar-refractivity contribution in [2.75, 3.05) is 0 Å². The Morgan fingerprint density at radius 3 is 2.00 bits per heavy atom. The molecule has 1 heterocycles. The van der Waals surface area contributed by atoms with Gasteiger partial charge in [-0.15, -0.1) is 13.2 Å². The van der Waals surface area contributed by atoms with Crippen LogP contribution in [0.3, 0.4) is 0 Å². The first kappa shape index (κ1) is 18.0. The van der Waals surface area contributed by atoms with Gasteiger partial charge in [-0.3, -0.25) is 0 Å². The van der Waals surface area contributed by atoms with E-state index in [2.05, 4.69) is 4.74 Å². The lowest BCUT2D eigenvalue weighted by Crippen LogP contribution is -2.41. The van der Waals surface area contributed by atoms with Gasteiger partial charge in [-0.25, -0.2) is 8.78 Å². The smallest absolute Gasteiger partial charge is 0.405 e. The van der Waals surface area contributed by atoms with Gasteiger partial charge in [0.25, 0.3) is 6.43 Å². The lowest BCUT2D eigenvalue weighted by molar-refractivity contribution is -0.275. The number of alkyl halides is 5. The van der Waals surface area contributed by atoms with Crippen molar-refractivity contribution in [1.29, 1.82) is 0 Å². The second-order valence-electron chi connectivity index (χ2n) is 6.23. The summed E-state index contributed by atoms with van der Waals surface area (Å²) in [5.41, 5.74) is -2.05. The van der Waals surface area contributed by atoms with Gasteiger partial charge in [0, 0.05) is 0 Å². The molecule has 1 aliphatic rings. The standard InChI is InChI=1S/C14H16BF5O3/c1-12(2)13(3,4)23-15(22-12)8-5-6-10(21-14(18,19)20)9(7-8)11(16)17/h5-7,11H,1-4H3. The van der Waals surface area contributed by atoms with Gasteiger partial charge in [-0.1, -0.05) is 6.07 Å². The molecule has 0 N–H and O–H groups in total. The van der Waals surface area contributed by atoms with E-state index >= 15 is 0 Å². The van der Waals surface area contributed by atoms with Crippen LogP contribution in [0.1, 0.15) is 39.7 Å². The SMILES string of the molecule is CC1(C)OB(c2ccc(OC(F)(F)F)c(C(F)F)c2)OC1(C)C. The van der Waals surface area contributed by atoms with E-state index in [9.17, 15) is 22.0 Å². The Balaban J connectivity index is 2.34. The summed E-state index contributed by atoms with van der Waals surface area (Å²) >= 11 is 0. The van der Waals surface area contributed by atoms with E-state index in [0.29, 0.717) is 0 Å². The van der Waals surface area contributed by atoms with Crippen LogP contribution < -0.4 is 10.2 Å². The summed E-state index contributed by atoms with van der Waals surface area (Å²) in [6, 6.07) is 2.97. The third-order valence-electron chi connectivity index (χ3n) is 4.02. The Kier molecular flexibility index (Phi) is 4.40. The summed E-state index contributed by atoms with van der Waals surface area (Å²) in [6.45, 7) is 7.12. The van der Waals surface area contributed by atoms with Crippen LogP contribution in [-0.2, 0) is 9.31 Å². The Labute approximate surface area is 130 Å². The molecule has 2 rings (SSSR count). The summed E-state index contributed by atoms with van der Waals surface area (Å²) in [5, 5.41) is 0. The van der Waals surface area contributed by atoms with Gasteiger partial charge in [0.1, 0.15) is 5.75 Å². The van der Waals surface area contributed by atoms with Crippen molar-refractivity contribution >= 4 is 12.6 Å². The third kappa shape index (κ3) is 3.77. The van der Waals surface area contributed by atoms with E-state index in [0.717, 1.165) is 12.1 Å². The zero-order chi connectivity index (χ0) is 17.6. The zero-order valence-corrected chi connectivity index (χ0v) is 13.0. The summed E-state index contributed by atoms with van der Waals surface area (Å²) < 4.78 is 77.9. The van der Waals surface area contributed by atoms with E-state index in [1.165, 1.54) is 6.07 Å². The lowest BCUT2D eigenvalue weighted by Gasteiger charge is -2.32. The van der Waals surface area contributed by atoms with Gasteiger partial charge >= 0.3 is 13.5 Å². The molecule has 0 bridgehead atoms. The first-order valence-corrected chi connectivity index (χ1v) is 6.86. The van der Waals surface area contributed by atoms with Crippen molar-refractivity contribution in [3.63, 3.8) is 0 Å². The summed E-state index contributed by atoms with van der Waals surface area (Å²) in [4.78, 5) is 0. The average Bonchev–Trinajstić information content (AvgIpc) is 2.56. The minimum absolute atomic E-state index is 0.202. The van der Waals surface area contributed by atoms with Crippen LogP contribution in [0.2, 0.25) is 0 Å². The number of hydrogen-bond donors (Lipinski definition) is 0. The normalized spacial score (nSPS) is 20.2. The average molecular weight is 338 g/mol. The molecule has 1 aromatic rings. The maximum atomic E-state index is 13.0. The van der Waals surface area contributed by atoms with E-state index in [1.54, 1.807) is 27.7 Å². The van der Waals surface area contributed by atoms with Gasteiger partial charge in [0.2, 0.25) is 0 Å². The molecular formula is C14H16BF5O3. The molecule has 0 aromatic heterocycles. The highest BCUT2D eigenvalue weighted by atomic mass is 19.4. The first-order valence-electron chi connectivity index (χ1n) is 6.86. The fourth-order valence-corrected chi connectivity index (χ4v) is 2.08. The molecule has 23 heavy (non-hydrogen) atoms. The number of rotatable bonds is 3. The third-order valence-corrected chi connectivity index (χ3v) is 4.02. The molecule has 0 aliphatic carbocycles. The second kappa shape index (κ2) is 5.63. The quantitative estimate of drug-likeness (QED) is 0.619. The second-order valence-corrected chi connectivity index (χ2v) is 6.23. The molecule has 1 fully saturated rings. The van der Waals surface area contributed by atoms with Crippen molar-refractivity contribution in [2.45, 2.75) is 51.7 Å². The molecule has 0 radical (unpaired) electrons. The van der Waals surface area contributed by atoms with Crippen molar-refractivity contribution in [1.82, 2.24) is 0 Å². The van der Waals surface area contributed by atoms with E-state index in [1.807, 2.05) is 0 Å². The minimum atomic E-state index is -5.05. The monoisotopic (exact) mass is 338 g/mol. The highest BCUT2D eigenvalue weighted by Crippen LogP contribution is 2.37. The molecule has 0 saturated carbocycles. The number of halogens is 5. The molecule has 128 valence electrons. The van der Waals surface area contributed by atoms with Crippen molar-refractivity contribution in [3.8, 4) is 5.75 Å². The Hall–Kier alpha value is -1.35. The molecule has 0 atom stereocenters. The predicted octanol–water partition coefficient (Wildman–Crippen LogP) is 3.82. The Bertz CT molecular complexity index is 570. The molecule has 0 unspecified atom stereocenters. The summed E-state index contributed by atoms with van der Waals surface area (Å²) in [7, 11) is -0.947. The minimum Gasteiger partial charge on any atom is -0.405 e. The molecule has 0 amide bonds. The van der Waals surface area contributed by atoms with E-state index in [-0.39, 0.29) is 5.46 Å². The molecule has 3 nitrogen and oxygen atoms in total. The van der Waals surface area contributed by atoms with Crippen LogP contribution in [0.4, 0.5) is 22.0 Å². The Morgan fingerprint density at radius 1 is 1.04 bits per heavy atom. The van der Waals surface area contributed by atoms with Gasteiger partial charge in [-0.2, -0.15) is 0 Å². The molecule has 1 aliphatic heterocycles. The highest BCUT2D eigenvalue weighted by molar-refractivity contribution is 6.62. The molecule has 1 aromatic carbocycles. The zero-order valence-electron chi connectivity index (χ0n) is 13.0. The topological polar surface area (TPSA) is 27.7 Å². The molecule has 9 heteroatoms. The van der Waals surface area contributed by atoms with Crippen LogP contribution in [0.15, 0.2) is 18.2 Å². The van der Waals surface area contributed by atoms with Crippen molar-refractivity contribution in [2.24, 2.45) is 0 Å². The fraction of sp³-hybridized carbons (Fsp3) is 0.571. The van der Waals surface area contributed by atoms with E-state index in [4.69, 9.17) is 9.31 Å². The summed E-state index contributed by atoms with van der Waals surface area (Å²) in [6.07, 6.45) is -8.18. The van der Waals surface area contributed by atoms with Crippen LogP contribution in [0, 0.1) is 0 Å². The molecular weight excluding hydrogens is 322 g/mol. The number of benzene rings is 1. The predicted molar refractivity (Wildman–Crippen MR) is 73.8 cm³/mol. The van der Waals surface area contributed by atoms with Crippen LogP contribution >= 0.6 is 0 Å². The van der Waals surface area contributed by atoms with Crippen LogP contribution in [-0.4, -0.2) is 24.7 Å². The number of ether oxygens (including phenoxy) is 1. The van der Waals surface area contributed by atoms with E-state index < -0.39 is 42.4 Å². The summed E-state index contributed by atoms with van der Waals surface area (Å²) in [5.74, 6) is -0.937. The van der Waals surface area contributed by atoms with Gasteiger partial charge in [0.15, 0.2) is 0 Å². The highest BCUT2D eigenvalue weighted by Gasteiger charge is 2.52. The van der Waals surface area contributed by atoms with Crippen LogP contribution in [0.25, 0.3) is 0 Å². The Morgan fingerprint density at radius 2 is 1.57 bits per heavy atom. The largest absolute Gasteiger partial charge is 0.573 e. The van der Waals surface area contributed by atoms with Crippen LogP contribution in [0.5, 0.6) is 5.75 Å². The first-order chi connectivity index (χ1) is 10.3. The van der Waals surface area contributed by atoms with Crippen molar-refractivity contribution < 1.29 is 36.0 Å². The van der Waals surface area contributed by atoms with Crippen molar-refractivity contribution in [3.05, 3.63) is 23.8 Å². The maximum Gasteiger partial charge on any atom is 0.573 e.